The Kier molecular flexibility index (Phi) is 6.46. The number of rotatable bonds is 7. The molecule has 2 aliphatic heterocycles. The molecule has 0 bridgehead atoms. The second-order valence-corrected chi connectivity index (χ2v) is 6.92. The fourth-order valence-electron chi connectivity index (χ4n) is 4.12. The fourth-order valence-corrected chi connectivity index (χ4v) is 4.12. The van der Waals surface area contributed by atoms with E-state index in [0.29, 0.717) is 32.8 Å². The molecule has 0 aromatic heterocycles. The number of ketones is 1. The van der Waals surface area contributed by atoms with Gasteiger partial charge >= 0.3 is 0 Å². The number of carbonyl (C=O) groups is 1. The predicted molar refractivity (Wildman–Crippen MR) is 104 cm³/mol. The molecule has 142 valence electrons. The van der Waals surface area contributed by atoms with Gasteiger partial charge in [0.05, 0.1) is 32.0 Å². The number of ether oxygens (including phenoxy) is 2. The molecule has 0 radical (unpaired) electrons. The third-order valence-corrected chi connectivity index (χ3v) is 5.61. The molecule has 0 N–H and O–H groups in total. The van der Waals surface area contributed by atoms with E-state index in [4.69, 9.17) is 9.47 Å². The lowest BCUT2D eigenvalue weighted by molar-refractivity contribution is -0.0154. The Bertz CT molecular complexity index is 621. The highest BCUT2D eigenvalue weighted by Crippen LogP contribution is 2.33. The van der Waals surface area contributed by atoms with Crippen LogP contribution in [0.25, 0.3) is 0 Å². The first kappa shape index (κ1) is 19.1. The maximum absolute atomic E-state index is 13.9. The van der Waals surface area contributed by atoms with Crippen molar-refractivity contribution in [2.75, 3.05) is 57.5 Å². The van der Waals surface area contributed by atoms with Gasteiger partial charge in [-0.3, -0.25) is 9.69 Å². The summed E-state index contributed by atoms with van der Waals surface area (Å²) in [4.78, 5) is 18.4. The average molecular weight is 358 g/mol. The van der Waals surface area contributed by atoms with Gasteiger partial charge in [0.15, 0.2) is 5.78 Å². The van der Waals surface area contributed by atoms with Gasteiger partial charge < -0.3 is 14.4 Å². The highest BCUT2D eigenvalue weighted by Gasteiger charge is 2.43. The van der Waals surface area contributed by atoms with Crippen LogP contribution in [-0.2, 0) is 9.47 Å². The lowest BCUT2D eigenvalue weighted by atomic mass is 9.81. The highest BCUT2D eigenvalue weighted by atomic mass is 16.5. The van der Waals surface area contributed by atoms with Gasteiger partial charge in [0.25, 0.3) is 0 Å². The summed E-state index contributed by atoms with van der Waals surface area (Å²) in [5.41, 5.74) is 1.29. The molecular weight excluding hydrogens is 328 g/mol. The number of nitrogens with zero attached hydrogens (tertiary/aromatic N) is 2. The molecule has 2 aliphatic rings. The van der Waals surface area contributed by atoms with Crippen molar-refractivity contribution in [1.82, 2.24) is 4.90 Å². The first-order valence-corrected chi connectivity index (χ1v) is 9.63. The number of morpholine rings is 2. The second kappa shape index (κ2) is 8.80. The van der Waals surface area contributed by atoms with Gasteiger partial charge in [0.1, 0.15) is 0 Å². The maximum atomic E-state index is 13.9. The van der Waals surface area contributed by atoms with E-state index in [1.165, 1.54) is 0 Å². The lowest BCUT2D eigenvalue weighted by Gasteiger charge is -2.44. The van der Waals surface area contributed by atoms with Crippen LogP contribution in [-0.4, -0.2) is 68.8 Å². The monoisotopic (exact) mass is 358 g/mol. The molecule has 1 unspecified atom stereocenters. The van der Waals surface area contributed by atoms with Crippen LogP contribution in [0.4, 0.5) is 5.69 Å². The standard InChI is InChI=1S/C21H30N2O3/c1-3-9-21(4-2,23-12-16-26-17-13-23)20(24)18-7-5-6-8-19(18)22-10-14-25-15-11-22/h3,5-8H,1,4,9-17H2,2H3. The van der Waals surface area contributed by atoms with Crippen LogP contribution in [0.3, 0.4) is 0 Å². The lowest BCUT2D eigenvalue weighted by Crippen LogP contribution is -2.58. The first-order chi connectivity index (χ1) is 12.7. The molecule has 2 fully saturated rings. The first-order valence-electron chi connectivity index (χ1n) is 9.63. The van der Waals surface area contributed by atoms with Gasteiger partial charge in [-0.2, -0.15) is 0 Å². The van der Waals surface area contributed by atoms with Crippen molar-refractivity contribution in [3.8, 4) is 0 Å². The minimum absolute atomic E-state index is 0.198. The summed E-state index contributed by atoms with van der Waals surface area (Å²) < 4.78 is 11.0. The summed E-state index contributed by atoms with van der Waals surface area (Å²) >= 11 is 0. The van der Waals surface area contributed by atoms with Crippen molar-refractivity contribution in [3.05, 3.63) is 42.5 Å². The van der Waals surface area contributed by atoms with Gasteiger partial charge in [-0.15, -0.1) is 6.58 Å². The Morgan fingerprint density at radius 1 is 1.12 bits per heavy atom. The number of hydrogen-bond acceptors (Lipinski definition) is 5. The Hall–Kier alpha value is -1.69. The molecule has 0 spiro atoms. The zero-order chi connectivity index (χ0) is 18.4. The predicted octanol–water partition coefficient (Wildman–Crippen LogP) is 2.76. The van der Waals surface area contributed by atoms with E-state index in [9.17, 15) is 4.79 Å². The Balaban J connectivity index is 1.97. The summed E-state index contributed by atoms with van der Waals surface area (Å²) in [6.07, 6.45) is 3.29. The van der Waals surface area contributed by atoms with Crippen LogP contribution in [0.2, 0.25) is 0 Å². The van der Waals surface area contributed by atoms with Crippen LogP contribution in [0.1, 0.15) is 30.1 Å². The quantitative estimate of drug-likeness (QED) is 0.554. The van der Waals surface area contributed by atoms with Crippen molar-refractivity contribution >= 4 is 11.5 Å². The van der Waals surface area contributed by atoms with Crippen molar-refractivity contribution in [2.45, 2.75) is 25.3 Å². The molecule has 1 aromatic rings. The summed E-state index contributed by atoms with van der Waals surface area (Å²) in [5.74, 6) is 0.198. The Morgan fingerprint density at radius 3 is 2.35 bits per heavy atom. The Labute approximate surface area is 156 Å². The SMILES string of the molecule is C=CCC(CC)(C(=O)c1ccccc1N1CCOCC1)N1CCOCC1. The molecule has 1 atom stereocenters. The van der Waals surface area contributed by atoms with Crippen LogP contribution in [0.5, 0.6) is 0 Å². The maximum Gasteiger partial charge on any atom is 0.185 e. The third kappa shape index (κ3) is 3.70. The molecule has 2 saturated heterocycles. The average Bonchev–Trinajstić information content (AvgIpc) is 2.73. The Morgan fingerprint density at radius 2 is 1.73 bits per heavy atom. The summed E-state index contributed by atoms with van der Waals surface area (Å²) in [6, 6.07) is 8.01. The third-order valence-electron chi connectivity index (χ3n) is 5.61. The van der Waals surface area contributed by atoms with Gasteiger partial charge in [0, 0.05) is 37.4 Å². The highest BCUT2D eigenvalue weighted by molar-refractivity contribution is 6.07. The fraction of sp³-hybridized carbons (Fsp3) is 0.571. The summed E-state index contributed by atoms with van der Waals surface area (Å²) in [7, 11) is 0. The van der Waals surface area contributed by atoms with E-state index in [0.717, 1.165) is 43.9 Å². The van der Waals surface area contributed by atoms with E-state index in [-0.39, 0.29) is 5.78 Å². The van der Waals surface area contributed by atoms with Crippen LogP contribution in [0.15, 0.2) is 36.9 Å². The summed E-state index contributed by atoms with van der Waals surface area (Å²) in [6.45, 7) is 12.0. The molecule has 5 heteroatoms. The number of hydrogen-bond donors (Lipinski definition) is 0. The zero-order valence-electron chi connectivity index (χ0n) is 15.8. The molecule has 1 aromatic carbocycles. The van der Waals surface area contributed by atoms with Crippen molar-refractivity contribution in [3.63, 3.8) is 0 Å². The normalized spacial score (nSPS) is 21.2. The van der Waals surface area contributed by atoms with Crippen molar-refractivity contribution in [2.24, 2.45) is 0 Å². The van der Waals surface area contributed by atoms with E-state index in [1.54, 1.807) is 0 Å². The zero-order valence-corrected chi connectivity index (χ0v) is 15.8. The number of Topliss-reactive ketones (excluding diaryl/α,β-unsaturated/α-hetero) is 1. The number of carbonyl (C=O) groups excluding carboxylic acids is 1. The number of anilines is 1. The number of para-hydroxylation sites is 1. The smallest absolute Gasteiger partial charge is 0.185 e. The van der Waals surface area contributed by atoms with Crippen LogP contribution < -0.4 is 4.90 Å². The largest absolute Gasteiger partial charge is 0.379 e. The molecule has 0 amide bonds. The van der Waals surface area contributed by atoms with Crippen LogP contribution in [0, 0.1) is 0 Å². The molecule has 0 saturated carbocycles. The van der Waals surface area contributed by atoms with Gasteiger partial charge in [-0.25, -0.2) is 0 Å². The minimum atomic E-state index is -0.548. The van der Waals surface area contributed by atoms with Crippen molar-refractivity contribution in [1.29, 1.82) is 0 Å². The van der Waals surface area contributed by atoms with Gasteiger partial charge in [0.2, 0.25) is 0 Å². The van der Waals surface area contributed by atoms with E-state index >= 15 is 0 Å². The number of benzene rings is 1. The molecule has 0 aliphatic carbocycles. The topological polar surface area (TPSA) is 42.0 Å². The van der Waals surface area contributed by atoms with E-state index in [1.807, 2.05) is 24.3 Å². The molecule has 3 rings (SSSR count). The van der Waals surface area contributed by atoms with E-state index in [2.05, 4.69) is 29.4 Å². The van der Waals surface area contributed by atoms with Gasteiger partial charge in [-0.05, 0) is 25.0 Å². The van der Waals surface area contributed by atoms with Crippen molar-refractivity contribution < 1.29 is 14.3 Å². The molecule has 2 heterocycles. The molecule has 5 nitrogen and oxygen atoms in total. The van der Waals surface area contributed by atoms with Crippen LogP contribution >= 0.6 is 0 Å². The minimum Gasteiger partial charge on any atom is -0.379 e. The molecular formula is C21H30N2O3. The van der Waals surface area contributed by atoms with E-state index < -0.39 is 5.54 Å². The summed E-state index contributed by atoms with van der Waals surface area (Å²) in [5, 5.41) is 0. The second-order valence-electron chi connectivity index (χ2n) is 6.92. The molecule has 26 heavy (non-hydrogen) atoms. The van der Waals surface area contributed by atoms with Gasteiger partial charge in [-0.1, -0.05) is 25.1 Å².